The summed E-state index contributed by atoms with van der Waals surface area (Å²) in [6.45, 7) is 6.07. The van der Waals surface area contributed by atoms with Crippen molar-refractivity contribution in [3.8, 4) is 5.75 Å². The van der Waals surface area contributed by atoms with E-state index in [0.717, 1.165) is 0 Å². The summed E-state index contributed by atoms with van der Waals surface area (Å²) in [5, 5.41) is 14.4. The maximum atomic E-state index is 12.6. The average Bonchev–Trinajstić information content (AvgIpc) is 2.66. The van der Waals surface area contributed by atoms with Gasteiger partial charge in [-0.05, 0) is 61.4 Å². The first kappa shape index (κ1) is 21.0. The number of hydrogen-bond acceptors (Lipinski definition) is 4. The Hall–Kier alpha value is -3.35. The number of amides is 2. The number of nitrogens with one attached hydrogen (secondary N) is 2. The van der Waals surface area contributed by atoms with Gasteiger partial charge in [0.2, 0.25) is 5.91 Å². The number of carbonyl (C=O) groups excluding carboxylic acids is 2. The first-order valence-electron chi connectivity index (χ1n) is 8.99. The first-order valence-corrected chi connectivity index (χ1v) is 8.99. The SMILES string of the molecule is CCOc1ccc(C(=O)NC(C(=O)Nc2ccc(C(=O)O)cc2)C(C)C)cc1. The lowest BCUT2D eigenvalue weighted by Gasteiger charge is -2.22. The van der Waals surface area contributed by atoms with Crippen LogP contribution in [0.4, 0.5) is 5.69 Å². The van der Waals surface area contributed by atoms with Gasteiger partial charge in [-0.15, -0.1) is 0 Å². The van der Waals surface area contributed by atoms with Crippen LogP contribution in [0.5, 0.6) is 5.75 Å². The number of aromatic carboxylic acids is 1. The van der Waals surface area contributed by atoms with E-state index in [4.69, 9.17) is 9.84 Å². The second-order valence-electron chi connectivity index (χ2n) is 6.52. The summed E-state index contributed by atoms with van der Waals surface area (Å²) in [6, 6.07) is 11.8. The van der Waals surface area contributed by atoms with Crippen LogP contribution in [0.2, 0.25) is 0 Å². The number of carboxylic acid groups (broad SMARTS) is 1. The second kappa shape index (κ2) is 9.55. The van der Waals surface area contributed by atoms with E-state index >= 15 is 0 Å². The predicted octanol–water partition coefficient (Wildman–Crippen LogP) is 3.18. The fraction of sp³-hybridized carbons (Fsp3) is 0.286. The quantitative estimate of drug-likeness (QED) is 0.648. The molecule has 0 bridgehead atoms. The number of hydrogen-bond donors (Lipinski definition) is 3. The molecular formula is C21H24N2O5. The third kappa shape index (κ3) is 5.57. The van der Waals surface area contributed by atoms with Crippen molar-refractivity contribution in [1.29, 1.82) is 0 Å². The molecule has 0 aromatic heterocycles. The van der Waals surface area contributed by atoms with Crippen molar-refractivity contribution in [3.05, 3.63) is 59.7 Å². The van der Waals surface area contributed by atoms with Gasteiger partial charge in [0.25, 0.3) is 5.91 Å². The monoisotopic (exact) mass is 384 g/mol. The molecule has 1 atom stereocenters. The summed E-state index contributed by atoms with van der Waals surface area (Å²) in [5.41, 5.74) is 1.01. The van der Waals surface area contributed by atoms with E-state index in [9.17, 15) is 14.4 Å². The molecule has 0 saturated carbocycles. The highest BCUT2D eigenvalue weighted by Crippen LogP contribution is 2.14. The zero-order valence-corrected chi connectivity index (χ0v) is 16.1. The minimum absolute atomic E-state index is 0.127. The van der Waals surface area contributed by atoms with Crippen molar-refractivity contribution in [2.75, 3.05) is 11.9 Å². The van der Waals surface area contributed by atoms with E-state index in [1.165, 1.54) is 24.3 Å². The number of carbonyl (C=O) groups is 3. The molecule has 1 unspecified atom stereocenters. The van der Waals surface area contributed by atoms with E-state index in [0.29, 0.717) is 23.6 Å². The highest BCUT2D eigenvalue weighted by atomic mass is 16.5. The standard InChI is InChI=1S/C21H24N2O5/c1-4-28-17-11-7-14(8-12-17)19(24)23-18(13(2)3)20(25)22-16-9-5-15(6-10-16)21(26)27/h5-13,18H,4H2,1-3H3,(H,22,25)(H,23,24)(H,26,27). The van der Waals surface area contributed by atoms with Crippen LogP contribution in [0.3, 0.4) is 0 Å². The number of carboxylic acids is 1. The van der Waals surface area contributed by atoms with E-state index < -0.39 is 12.0 Å². The predicted molar refractivity (Wildman–Crippen MR) is 106 cm³/mol. The largest absolute Gasteiger partial charge is 0.494 e. The lowest BCUT2D eigenvalue weighted by atomic mass is 10.0. The van der Waals surface area contributed by atoms with Gasteiger partial charge < -0.3 is 20.5 Å². The number of ether oxygens (including phenoxy) is 1. The van der Waals surface area contributed by atoms with Crippen molar-refractivity contribution >= 4 is 23.5 Å². The van der Waals surface area contributed by atoms with Gasteiger partial charge >= 0.3 is 5.97 Å². The molecule has 0 saturated heterocycles. The van der Waals surface area contributed by atoms with Gasteiger partial charge in [0.15, 0.2) is 0 Å². The highest BCUT2D eigenvalue weighted by Gasteiger charge is 2.25. The van der Waals surface area contributed by atoms with Crippen LogP contribution in [0.1, 0.15) is 41.5 Å². The Morgan fingerprint density at radius 1 is 0.964 bits per heavy atom. The van der Waals surface area contributed by atoms with Crippen LogP contribution >= 0.6 is 0 Å². The van der Waals surface area contributed by atoms with Crippen LogP contribution in [0.15, 0.2) is 48.5 Å². The molecule has 0 heterocycles. The van der Waals surface area contributed by atoms with Crippen molar-refractivity contribution in [2.24, 2.45) is 5.92 Å². The molecule has 3 N–H and O–H groups in total. The maximum absolute atomic E-state index is 12.6. The summed E-state index contributed by atoms with van der Waals surface area (Å²) < 4.78 is 5.36. The molecule has 0 aliphatic carbocycles. The summed E-state index contributed by atoms with van der Waals surface area (Å²) >= 11 is 0. The van der Waals surface area contributed by atoms with Crippen LogP contribution < -0.4 is 15.4 Å². The number of benzene rings is 2. The normalized spacial score (nSPS) is 11.6. The second-order valence-corrected chi connectivity index (χ2v) is 6.52. The van der Waals surface area contributed by atoms with Crippen LogP contribution in [0, 0.1) is 5.92 Å². The van der Waals surface area contributed by atoms with Gasteiger partial charge in [0.05, 0.1) is 12.2 Å². The van der Waals surface area contributed by atoms with Crippen molar-refractivity contribution in [1.82, 2.24) is 5.32 Å². The average molecular weight is 384 g/mol. The molecule has 148 valence electrons. The molecule has 0 aliphatic rings. The minimum Gasteiger partial charge on any atom is -0.494 e. The molecule has 2 aromatic carbocycles. The third-order valence-corrected chi connectivity index (χ3v) is 4.06. The Kier molecular flexibility index (Phi) is 7.14. The molecule has 7 nitrogen and oxygen atoms in total. The van der Waals surface area contributed by atoms with E-state index in [2.05, 4.69) is 10.6 Å². The van der Waals surface area contributed by atoms with Gasteiger partial charge in [-0.1, -0.05) is 13.8 Å². The van der Waals surface area contributed by atoms with Crippen molar-refractivity contribution < 1.29 is 24.2 Å². The molecule has 0 aliphatic heterocycles. The van der Waals surface area contributed by atoms with Gasteiger partial charge in [-0.2, -0.15) is 0 Å². The summed E-state index contributed by atoms with van der Waals surface area (Å²) in [7, 11) is 0. The van der Waals surface area contributed by atoms with Gasteiger partial charge in [0, 0.05) is 11.3 Å². The minimum atomic E-state index is -1.04. The zero-order valence-electron chi connectivity index (χ0n) is 16.1. The lowest BCUT2D eigenvalue weighted by molar-refractivity contribution is -0.118. The van der Waals surface area contributed by atoms with Crippen molar-refractivity contribution in [2.45, 2.75) is 26.8 Å². The molecule has 0 radical (unpaired) electrons. The van der Waals surface area contributed by atoms with E-state index in [-0.39, 0.29) is 23.3 Å². The van der Waals surface area contributed by atoms with Gasteiger partial charge in [0.1, 0.15) is 11.8 Å². The Morgan fingerprint density at radius 2 is 1.54 bits per heavy atom. The smallest absolute Gasteiger partial charge is 0.335 e. The molecule has 7 heteroatoms. The fourth-order valence-electron chi connectivity index (χ4n) is 2.54. The lowest BCUT2D eigenvalue weighted by Crippen LogP contribution is -2.47. The van der Waals surface area contributed by atoms with Gasteiger partial charge in [-0.3, -0.25) is 9.59 Å². The Bertz CT molecular complexity index is 829. The Morgan fingerprint density at radius 3 is 2.04 bits per heavy atom. The highest BCUT2D eigenvalue weighted by molar-refractivity contribution is 6.01. The van der Waals surface area contributed by atoms with Crippen LogP contribution in [-0.2, 0) is 4.79 Å². The first-order chi connectivity index (χ1) is 13.3. The zero-order chi connectivity index (χ0) is 20.7. The fourth-order valence-corrected chi connectivity index (χ4v) is 2.54. The summed E-state index contributed by atoms with van der Waals surface area (Å²) in [5.74, 6) is -1.26. The molecule has 2 aromatic rings. The molecule has 0 spiro atoms. The van der Waals surface area contributed by atoms with Gasteiger partial charge in [-0.25, -0.2) is 4.79 Å². The maximum Gasteiger partial charge on any atom is 0.335 e. The van der Waals surface area contributed by atoms with E-state index in [1.807, 2.05) is 20.8 Å². The topological polar surface area (TPSA) is 105 Å². The molecule has 2 amide bonds. The molecule has 28 heavy (non-hydrogen) atoms. The van der Waals surface area contributed by atoms with E-state index in [1.54, 1.807) is 24.3 Å². The summed E-state index contributed by atoms with van der Waals surface area (Å²) in [4.78, 5) is 36.0. The summed E-state index contributed by atoms with van der Waals surface area (Å²) in [6.07, 6.45) is 0. The number of rotatable bonds is 8. The molecular weight excluding hydrogens is 360 g/mol. The third-order valence-electron chi connectivity index (χ3n) is 4.06. The molecule has 0 fully saturated rings. The molecule has 2 rings (SSSR count). The number of anilines is 1. The van der Waals surface area contributed by atoms with Crippen molar-refractivity contribution in [3.63, 3.8) is 0 Å². The van der Waals surface area contributed by atoms with Crippen LogP contribution in [-0.4, -0.2) is 35.5 Å². The Labute approximate surface area is 163 Å². The Balaban J connectivity index is 2.05. The van der Waals surface area contributed by atoms with Crippen LogP contribution in [0.25, 0.3) is 0 Å².